The Balaban J connectivity index is 1.86. The van der Waals surface area contributed by atoms with E-state index in [1.54, 1.807) is 88.5 Å². The van der Waals surface area contributed by atoms with Gasteiger partial charge < -0.3 is 20.3 Å². The van der Waals surface area contributed by atoms with Gasteiger partial charge in [0.05, 0.1) is 36.3 Å². The average Bonchev–Trinajstić information content (AvgIpc) is 2.91. The molecule has 3 aromatic rings. The van der Waals surface area contributed by atoms with E-state index in [4.69, 9.17) is 4.74 Å². The topological polar surface area (TPSA) is 115 Å². The number of nitrogens with zero attached hydrogens (tertiary/aromatic N) is 3. The Morgan fingerprint density at radius 1 is 1.02 bits per heavy atom. The zero-order valence-electron chi connectivity index (χ0n) is 23.0. The fourth-order valence-corrected chi connectivity index (χ4v) is 4.57. The van der Waals surface area contributed by atoms with Crippen LogP contribution >= 0.6 is 15.9 Å². The Labute approximate surface area is 243 Å². The smallest absolute Gasteiger partial charge is 0.280 e. The molecular formula is C30H35BrN4O5. The minimum atomic E-state index is -0.562. The molecule has 3 aromatic carbocycles. The average molecular weight is 612 g/mol. The van der Waals surface area contributed by atoms with Crippen molar-refractivity contribution in [2.75, 3.05) is 30.5 Å². The van der Waals surface area contributed by atoms with Gasteiger partial charge in [-0.1, -0.05) is 28.1 Å². The lowest BCUT2D eigenvalue weighted by molar-refractivity contribution is 0.0793. The molecule has 0 saturated carbocycles. The van der Waals surface area contributed by atoms with Crippen LogP contribution in [0.5, 0.6) is 5.75 Å². The van der Waals surface area contributed by atoms with Gasteiger partial charge >= 0.3 is 0 Å². The molecule has 0 aliphatic heterocycles. The molecule has 2 atom stereocenters. The third kappa shape index (κ3) is 8.72. The molecule has 40 heavy (non-hydrogen) atoms. The second kappa shape index (κ2) is 14.7. The highest BCUT2D eigenvalue weighted by Crippen LogP contribution is 2.27. The lowest BCUT2D eigenvalue weighted by atomic mass is 10.1. The van der Waals surface area contributed by atoms with Gasteiger partial charge in [-0.2, -0.15) is 10.1 Å². The molecule has 10 heteroatoms. The van der Waals surface area contributed by atoms with Gasteiger partial charge in [0.1, 0.15) is 5.75 Å². The summed E-state index contributed by atoms with van der Waals surface area (Å²) in [6.45, 7) is 6.32. The van der Waals surface area contributed by atoms with E-state index >= 15 is 0 Å². The lowest BCUT2D eigenvalue weighted by Gasteiger charge is -2.25. The monoisotopic (exact) mass is 610 g/mol. The third-order valence-electron chi connectivity index (χ3n) is 5.84. The van der Waals surface area contributed by atoms with Crippen LogP contribution in [-0.4, -0.2) is 65.5 Å². The molecule has 0 aliphatic rings. The number of carbonyl (C=O) groups excluding carboxylic acids is 2. The van der Waals surface area contributed by atoms with Gasteiger partial charge in [0.25, 0.3) is 11.8 Å². The summed E-state index contributed by atoms with van der Waals surface area (Å²) >= 11 is 3.43. The number of amides is 2. The number of hydrogen-bond acceptors (Lipinski definition) is 7. The molecule has 0 aliphatic carbocycles. The van der Waals surface area contributed by atoms with E-state index in [9.17, 15) is 19.8 Å². The largest absolute Gasteiger partial charge is 0.497 e. The van der Waals surface area contributed by atoms with Crippen molar-refractivity contribution in [1.29, 1.82) is 0 Å². The molecule has 3 N–H and O–H groups in total. The zero-order valence-corrected chi connectivity index (χ0v) is 24.6. The van der Waals surface area contributed by atoms with Gasteiger partial charge in [-0.25, -0.2) is 0 Å². The van der Waals surface area contributed by atoms with Gasteiger partial charge in [-0.05, 0) is 80.9 Å². The fourth-order valence-electron chi connectivity index (χ4n) is 4.21. The van der Waals surface area contributed by atoms with E-state index in [0.29, 0.717) is 46.8 Å². The van der Waals surface area contributed by atoms with Crippen LogP contribution in [-0.2, 0) is 6.54 Å². The van der Waals surface area contributed by atoms with Crippen LogP contribution in [0.1, 0.15) is 47.1 Å². The molecule has 0 aromatic heterocycles. The third-order valence-corrected chi connectivity index (χ3v) is 6.33. The normalized spacial score (nSPS) is 12.8. The molecule has 2 amide bonds. The van der Waals surface area contributed by atoms with Crippen LogP contribution in [0.2, 0.25) is 0 Å². The van der Waals surface area contributed by atoms with Crippen LogP contribution in [0.4, 0.5) is 11.4 Å². The Morgan fingerprint density at radius 3 is 2.30 bits per heavy atom. The van der Waals surface area contributed by atoms with Crippen LogP contribution in [0.15, 0.2) is 76.3 Å². The Hall–Kier alpha value is -3.57. The van der Waals surface area contributed by atoms with Gasteiger partial charge in [0.2, 0.25) is 0 Å². The summed E-state index contributed by atoms with van der Waals surface area (Å²) in [6, 6.07) is 19.1. The summed E-state index contributed by atoms with van der Waals surface area (Å²) in [7, 11) is 1.56. The number of methoxy groups -OCH3 is 1. The molecule has 0 spiro atoms. The number of benzene rings is 3. The quantitative estimate of drug-likeness (QED) is 0.198. The maximum atomic E-state index is 13.7. The van der Waals surface area contributed by atoms with Crippen molar-refractivity contribution in [1.82, 2.24) is 4.90 Å². The number of hydrazone groups is 1. The van der Waals surface area contributed by atoms with Gasteiger partial charge in [0.15, 0.2) is 0 Å². The second-order valence-corrected chi connectivity index (χ2v) is 10.3. The Morgan fingerprint density at radius 2 is 1.70 bits per heavy atom. The SMILES string of the molecule is CC=NN(C(=O)c1cc(Br)ccc1NC(=O)c1cccc(CN(CC(C)O)CC(C)O)c1)c1ccc(OC)cc1. The van der Waals surface area contributed by atoms with E-state index < -0.39 is 18.1 Å². The number of nitrogens with one attached hydrogen (secondary N) is 1. The molecule has 2 unspecified atom stereocenters. The number of aliphatic hydroxyl groups excluding tert-OH is 2. The van der Waals surface area contributed by atoms with Crippen LogP contribution in [0.25, 0.3) is 0 Å². The van der Waals surface area contributed by atoms with Crippen molar-refractivity contribution in [3.63, 3.8) is 0 Å². The maximum absolute atomic E-state index is 13.7. The van der Waals surface area contributed by atoms with Crippen LogP contribution in [0, 0.1) is 0 Å². The minimum absolute atomic E-state index is 0.250. The molecule has 9 nitrogen and oxygen atoms in total. The fraction of sp³-hybridized carbons (Fsp3) is 0.300. The van der Waals surface area contributed by atoms with Crippen LogP contribution < -0.4 is 15.1 Å². The van der Waals surface area contributed by atoms with Crippen molar-refractivity contribution >= 4 is 45.3 Å². The summed E-state index contributed by atoms with van der Waals surface area (Å²) in [4.78, 5) is 28.9. The predicted molar refractivity (Wildman–Crippen MR) is 161 cm³/mol. The van der Waals surface area contributed by atoms with E-state index in [1.807, 2.05) is 11.0 Å². The Kier molecular flexibility index (Phi) is 11.4. The number of anilines is 2. The second-order valence-electron chi connectivity index (χ2n) is 9.43. The first-order chi connectivity index (χ1) is 19.1. The van der Waals surface area contributed by atoms with Crippen LogP contribution in [0.3, 0.4) is 0 Å². The van der Waals surface area contributed by atoms with Gasteiger partial charge in [-0.15, -0.1) is 0 Å². The number of hydrogen-bond donors (Lipinski definition) is 3. The van der Waals surface area contributed by atoms with Crippen molar-refractivity contribution in [3.05, 3.63) is 87.9 Å². The lowest BCUT2D eigenvalue weighted by Crippen LogP contribution is -2.35. The number of ether oxygens (including phenoxy) is 1. The molecule has 0 saturated heterocycles. The molecule has 0 fully saturated rings. The summed E-state index contributed by atoms with van der Waals surface area (Å²) in [5.74, 6) is -0.166. The first-order valence-electron chi connectivity index (χ1n) is 12.9. The minimum Gasteiger partial charge on any atom is -0.497 e. The standard InChI is InChI=1S/C30H35BrN4O5/c1-5-32-35(25-10-12-26(40-4)13-11-25)30(39)27-16-24(31)9-14-28(27)33-29(38)23-8-6-7-22(15-23)19-34(17-20(2)36)18-21(3)37/h5-16,20-21,36-37H,17-19H2,1-4H3,(H,33,38). The summed E-state index contributed by atoms with van der Waals surface area (Å²) in [5.41, 5.74) is 2.38. The molecule has 0 heterocycles. The summed E-state index contributed by atoms with van der Waals surface area (Å²) < 4.78 is 5.89. The summed E-state index contributed by atoms with van der Waals surface area (Å²) in [5, 5.41) is 28.1. The van der Waals surface area contributed by atoms with Gasteiger partial charge in [0, 0.05) is 35.9 Å². The maximum Gasteiger partial charge on any atom is 0.280 e. The molecule has 0 bridgehead atoms. The number of carbonyl (C=O) groups is 2. The van der Waals surface area contributed by atoms with E-state index in [1.165, 1.54) is 11.2 Å². The number of rotatable bonds is 12. The van der Waals surface area contributed by atoms with Crippen molar-refractivity contribution in [3.8, 4) is 5.75 Å². The highest BCUT2D eigenvalue weighted by Gasteiger charge is 2.22. The van der Waals surface area contributed by atoms with Crippen molar-refractivity contribution in [2.45, 2.75) is 39.5 Å². The number of halogens is 1. The highest BCUT2D eigenvalue weighted by molar-refractivity contribution is 9.10. The highest BCUT2D eigenvalue weighted by atomic mass is 79.9. The summed E-state index contributed by atoms with van der Waals surface area (Å²) in [6.07, 6.45) is 0.392. The number of aliphatic hydroxyl groups is 2. The van der Waals surface area contributed by atoms with E-state index in [-0.39, 0.29) is 11.5 Å². The molecular weight excluding hydrogens is 576 g/mol. The van der Waals surface area contributed by atoms with E-state index in [2.05, 4.69) is 26.3 Å². The molecule has 0 radical (unpaired) electrons. The molecule has 212 valence electrons. The van der Waals surface area contributed by atoms with Crippen molar-refractivity contribution < 1.29 is 24.5 Å². The first-order valence-corrected chi connectivity index (χ1v) is 13.7. The predicted octanol–water partition coefficient (Wildman–Crippen LogP) is 4.93. The Bertz CT molecular complexity index is 1320. The molecule has 3 rings (SSSR count). The first kappa shape index (κ1) is 31.0. The van der Waals surface area contributed by atoms with Crippen molar-refractivity contribution in [2.24, 2.45) is 5.10 Å². The zero-order chi connectivity index (χ0) is 29.2. The van der Waals surface area contributed by atoms with Gasteiger partial charge in [-0.3, -0.25) is 14.5 Å². The van der Waals surface area contributed by atoms with E-state index in [0.717, 1.165) is 5.56 Å².